The molecule has 0 saturated carbocycles. The lowest BCUT2D eigenvalue weighted by molar-refractivity contribution is 0.137. The Morgan fingerprint density at radius 1 is 1.21 bits per heavy atom. The molecule has 1 N–H and O–H groups in total. The Hall–Kier alpha value is 0.270. The summed E-state index contributed by atoms with van der Waals surface area (Å²) in [7, 11) is 0. The SMILES string of the molecule is CCCCSC[C@H](O)CN(CC)CC. The molecular formula is C11H25NOS. The molecule has 2 nitrogen and oxygen atoms in total. The van der Waals surface area contributed by atoms with Gasteiger partial charge in [0.25, 0.3) is 0 Å². The van der Waals surface area contributed by atoms with Gasteiger partial charge in [0.1, 0.15) is 0 Å². The summed E-state index contributed by atoms with van der Waals surface area (Å²) in [5.41, 5.74) is 0. The zero-order valence-electron chi connectivity index (χ0n) is 9.83. The number of likely N-dealkylation sites (N-methyl/N-ethyl adjacent to an activating group) is 1. The highest BCUT2D eigenvalue weighted by molar-refractivity contribution is 7.99. The van der Waals surface area contributed by atoms with Crippen molar-refractivity contribution in [1.82, 2.24) is 4.90 Å². The molecular weight excluding hydrogens is 194 g/mol. The first-order valence-corrected chi connectivity index (χ1v) is 6.88. The molecule has 0 unspecified atom stereocenters. The first-order chi connectivity index (χ1) is 6.74. The van der Waals surface area contributed by atoms with Gasteiger partial charge in [0.15, 0.2) is 0 Å². The van der Waals surface area contributed by atoms with Crippen molar-refractivity contribution in [2.45, 2.75) is 39.7 Å². The van der Waals surface area contributed by atoms with Crippen LogP contribution < -0.4 is 0 Å². The summed E-state index contributed by atoms with van der Waals surface area (Å²) >= 11 is 1.87. The zero-order valence-corrected chi connectivity index (χ0v) is 10.6. The molecule has 0 saturated heterocycles. The van der Waals surface area contributed by atoms with Crippen molar-refractivity contribution in [3.63, 3.8) is 0 Å². The molecule has 0 heterocycles. The van der Waals surface area contributed by atoms with Gasteiger partial charge in [0.05, 0.1) is 6.10 Å². The van der Waals surface area contributed by atoms with Gasteiger partial charge in [-0.15, -0.1) is 0 Å². The van der Waals surface area contributed by atoms with Gasteiger partial charge in [-0.25, -0.2) is 0 Å². The normalized spacial score (nSPS) is 13.5. The van der Waals surface area contributed by atoms with Crippen molar-refractivity contribution in [3.05, 3.63) is 0 Å². The molecule has 0 aromatic heterocycles. The van der Waals surface area contributed by atoms with Crippen molar-refractivity contribution in [3.8, 4) is 0 Å². The molecule has 0 aliphatic heterocycles. The van der Waals surface area contributed by atoms with E-state index in [2.05, 4.69) is 25.7 Å². The largest absolute Gasteiger partial charge is 0.391 e. The van der Waals surface area contributed by atoms with Crippen LogP contribution in [0.2, 0.25) is 0 Å². The van der Waals surface area contributed by atoms with Crippen LogP contribution >= 0.6 is 11.8 Å². The predicted molar refractivity (Wildman–Crippen MR) is 66.0 cm³/mol. The molecule has 3 heteroatoms. The van der Waals surface area contributed by atoms with E-state index in [9.17, 15) is 5.11 Å². The third-order valence-corrected chi connectivity index (χ3v) is 3.51. The standard InChI is InChI=1S/C11H25NOS/c1-4-7-8-14-10-11(13)9-12(5-2)6-3/h11,13H,4-10H2,1-3H3/t11-/m1/s1. The highest BCUT2D eigenvalue weighted by Gasteiger charge is 2.08. The van der Waals surface area contributed by atoms with Gasteiger partial charge in [-0.2, -0.15) is 11.8 Å². The molecule has 14 heavy (non-hydrogen) atoms. The number of nitrogens with zero attached hydrogens (tertiary/aromatic N) is 1. The van der Waals surface area contributed by atoms with Crippen LogP contribution in [0.4, 0.5) is 0 Å². The Morgan fingerprint density at radius 2 is 1.86 bits per heavy atom. The molecule has 0 aromatic rings. The van der Waals surface area contributed by atoms with Gasteiger partial charge in [-0.3, -0.25) is 0 Å². The summed E-state index contributed by atoms with van der Waals surface area (Å²) in [6.07, 6.45) is 2.36. The zero-order chi connectivity index (χ0) is 10.8. The van der Waals surface area contributed by atoms with E-state index < -0.39 is 0 Å². The average molecular weight is 219 g/mol. The summed E-state index contributed by atoms with van der Waals surface area (Å²) in [5, 5.41) is 9.72. The van der Waals surface area contributed by atoms with Crippen molar-refractivity contribution >= 4 is 11.8 Å². The molecule has 0 aromatic carbocycles. The smallest absolute Gasteiger partial charge is 0.0757 e. The van der Waals surface area contributed by atoms with Gasteiger partial charge >= 0.3 is 0 Å². The van der Waals surface area contributed by atoms with Gasteiger partial charge in [0.2, 0.25) is 0 Å². The van der Waals surface area contributed by atoms with Crippen molar-refractivity contribution < 1.29 is 5.11 Å². The predicted octanol–water partition coefficient (Wildman–Crippen LogP) is 2.22. The van der Waals surface area contributed by atoms with Crippen LogP contribution in [-0.2, 0) is 0 Å². The average Bonchev–Trinajstić information content (AvgIpc) is 2.21. The topological polar surface area (TPSA) is 23.5 Å². The van der Waals surface area contributed by atoms with E-state index >= 15 is 0 Å². The highest BCUT2D eigenvalue weighted by Crippen LogP contribution is 2.07. The second kappa shape index (κ2) is 9.81. The summed E-state index contributed by atoms with van der Waals surface area (Å²) in [6, 6.07) is 0. The van der Waals surface area contributed by atoms with Crippen molar-refractivity contribution in [1.29, 1.82) is 0 Å². The van der Waals surface area contributed by atoms with Gasteiger partial charge in [-0.05, 0) is 25.3 Å². The lowest BCUT2D eigenvalue weighted by Gasteiger charge is -2.21. The van der Waals surface area contributed by atoms with E-state index in [4.69, 9.17) is 0 Å². The first kappa shape index (κ1) is 14.3. The van der Waals surface area contributed by atoms with Crippen LogP contribution in [0.15, 0.2) is 0 Å². The fraction of sp³-hybridized carbons (Fsp3) is 1.00. The second-order valence-electron chi connectivity index (χ2n) is 3.57. The molecule has 0 rings (SSSR count). The quantitative estimate of drug-likeness (QED) is 0.602. The maximum absolute atomic E-state index is 9.72. The van der Waals surface area contributed by atoms with Crippen LogP contribution in [0.1, 0.15) is 33.6 Å². The van der Waals surface area contributed by atoms with E-state index in [1.54, 1.807) is 0 Å². The van der Waals surface area contributed by atoms with E-state index in [0.717, 1.165) is 25.4 Å². The first-order valence-electron chi connectivity index (χ1n) is 5.72. The number of hydrogen-bond donors (Lipinski definition) is 1. The fourth-order valence-corrected chi connectivity index (χ4v) is 2.34. The molecule has 0 aliphatic rings. The van der Waals surface area contributed by atoms with Crippen LogP contribution in [0.25, 0.3) is 0 Å². The van der Waals surface area contributed by atoms with Gasteiger partial charge in [-0.1, -0.05) is 27.2 Å². The van der Waals surface area contributed by atoms with E-state index in [-0.39, 0.29) is 6.10 Å². The molecule has 0 amide bonds. The van der Waals surface area contributed by atoms with Crippen LogP contribution in [-0.4, -0.2) is 47.3 Å². The Bertz CT molecular complexity index is 118. The highest BCUT2D eigenvalue weighted by atomic mass is 32.2. The van der Waals surface area contributed by atoms with Gasteiger partial charge in [0, 0.05) is 12.3 Å². The lowest BCUT2D eigenvalue weighted by Crippen LogP contribution is -2.33. The Kier molecular flexibility index (Phi) is 10.0. The van der Waals surface area contributed by atoms with Crippen LogP contribution in [0.3, 0.4) is 0 Å². The molecule has 0 aliphatic carbocycles. The number of unbranched alkanes of at least 4 members (excludes halogenated alkanes) is 1. The fourth-order valence-electron chi connectivity index (χ4n) is 1.30. The monoisotopic (exact) mass is 219 g/mol. The molecule has 0 fully saturated rings. The molecule has 0 radical (unpaired) electrons. The third-order valence-electron chi connectivity index (χ3n) is 2.32. The third kappa shape index (κ3) is 7.65. The van der Waals surface area contributed by atoms with E-state index in [1.807, 2.05) is 11.8 Å². The number of aliphatic hydroxyl groups is 1. The Balaban J connectivity index is 3.38. The minimum atomic E-state index is -0.156. The maximum atomic E-state index is 9.72. The number of rotatable bonds is 9. The minimum absolute atomic E-state index is 0.156. The second-order valence-corrected chi connectivity index (χ2v) is 4.72. The van der Waals surface area contributed by atoms with E-state index in [1.165, 1.54) is 18.6 Å². The molecule has 86 valence electrons. The number of aliphatic hydroxyl groups excluding tert-OH is 1. The molecule has 1 atom stereocenters. The van der Waals surface area contributed by atoms with Crippen molar-refractivity contribution in [2.75, 3.05) is 31.1 Å². The summed E-state index contributed by atoms with van der Waals surface area (Å²) in [5.74, 6) is 2.07. The molecule has 0 bridgehead atoms. The Labute approximate surface area is 93.1 Å². The Morgan fingerprint density at radius 3 is 2.36 bits per heavy atom. The van der Waals surface area contributed by atoms with Crippen LogP contribution in [0.5, 0.6) is 0 Å². The molecule has 0 spiro atoms. The van der Waals surface area contributed by atoms with Crippen LogP contribution in [0, 0.1) is 0 Å². The van der Waals surface area contributed by atoms with E-state index in [0.29, 0.717) is 0 Å². The number of thioether (sulfide) groups is 1. The maximum Gasteiger partial charge on any atom is 0.0757 e. The minimum Gasteiger partial charge on any atom is -0.391 e. The lowest BCUT2D eigenvalue weighted by atomic mass is 10.3. The number of hydrogen-bond acceptors (Lipinski definition) is 3. The van der Waals surface area contributed by atoms with Gasteiger partial charge < -0.3 is 10.0 Å². The summed E-state index contributed by atoms with van der Waals surface area (Å²) in [6.45, 7) is 9.38. The summed E-state index contributed by atoms with van der Waals surface area (Å²) in [4.78, 5) is 2.27. The van der Waals surface area contributed by atoms with Crippen molar-refractivity contribution in [2.24, 2.45) is 0 Å². The summed E-state index contributed by atoms with van der Waals surface area (Å²) < 4.78 is 0.